The van der Waals surface area contributed by atoms with Crippen molar-refractivity contribution in [1.29, 1.82) is 0 Å². The minimum Gasteiger partial charge on any atom is -0.497 e. The van der Waals surface area contributed by atoms with Gasteiger partial charge in [0.1, 0.15) is 11.5 Å². The second-order valence-corrected chi connectivity index (χ2v) is 4.26. The number of hydrogen-bond donors (Lipinski definition) is 2. The van der Waals surface area contributed by atoms with Gasteiger partial charge in [-0.25, -0.2) is 0 Å². The smallest absolute Gasteiger partial charge is 0.143 e. The molecule has 0 atom stereocenters. The van der Waals surface area contributed by atoms with Crippen LogP contribution in [0.4, 0.5) is 17.1 Å². The largest absolute Gasteiger partial charge is 0.497 e. The number of methoxy groups -OCH3 is 2. The van der Waals surface area contributed by atoms with Gasteiger partial charge in [0, 0.05) is 17.4 Å². The van der Waals surface area contributed by atoms with Crippen LogP contribution in [0.15, 0.2) is 36.4 Å². The lowest BCUT2D eigenvalue weighted by molar-refractivity contribution is 0.414. The molecule has 100 valence electrons. The molecule has 0 aromatic heterocycles. The fourth-order valence-electron chi connectivity index (χ4n) is 1.85. The summed E-state index contributed by atoms with van der Waals surface area (Å²) >= 11 is 0. The minimum atomic E-state index is 0.625. The van der Waals surface area contributed by atoms with Crippen molar-refractivity contribution in [2.75, 3.05) is 25.3 Å². The Labute approximate surface area is 113 Å². The number of ether oxygens (including phenoxy) is 2. The van der Waals surface area contributed by atoms with Gasteiger partial charge in [-0.2, -0.15) is 0 Å². The number of anilines is 3. The van der Waals surface area contributed by atoms with Crippen molar-refractivity contribution in [3.63, 3.8) is 0 Å². The third-order valence-corrected chi connectivity index (χ3v) is 2.95. The molecular formula is C15H18N2O2. The number of benzene rings is 2. The lowest BCUT2D eigenvalue weighted by Gasteiger charge is -2.12. The molecule has 0 saturated heterocycles. The van der Waals surface area contributed by atoms with Gasteiger partial charge >= 0.3 is 0 Å². The predicted octanol–water partition coefficient (Wildman–Crippen LogP) is 3.34. The van der Waals surface area contributed by atoms with Crippen molar-refractivity contribution in [1.82, 2.24) is 0 Å². The summed E-state index contributed by atoms with van der Waals surface area (Å²) < 4.78 is 10.4. The molecule has 0 saturated carbocycles. The molecule has 4 nitrogen and oxygen atoms in total. The van der Waals surface area contributed by atoms with Gasteiger partial charge in [-0.05, 0) is 42.8 Å². The van der Waals surface area contributed by atoms with Gasteiger partial charge in [-0.3, -0.25) is 0 Å². The standard InChI is InChI=1S/C15H18N2O2/c1-10-8-12(18-2)5-7-14(10)17-11-4-6-13(16)15(9-11)19-3/h4-9,17H,16H2,1-3H3. The molecule has 0 spiro atoms. The first-order valence-corrected chi connectivity index (χ1v) is 5.99. The van der Waals surface area contributed by atoms with E-state index in [1.807, 2.05) is 43.3 Å². The van der Waals surface area contributed by atoms with Crippen molar-refractivity contribution in [3.05, 3.63) is 42.0 Å². The van der Waals surface area contributed by atoms with E-state index in [0.29, 0.717) is 11.4 Å². The molecule has 0 heterocycles. The summed E-state index contributed by atoms with van der Waals surface area (Å²) in [4.78, 5) is 0. The van der Waals surface area contributed by atoms with Crippen LogP contribution < -0.4 is 20.5 Å². The maximum absolute atomic E-state index is 5.79. The van der Waals surface area contributed by atoms with E-state index in [9.17, 15) is 0 Å². The van der Waals surface area contributed by atoms with Crippen molar-refractivity contribution in [2.45, 2.75) is 6.92 Å². The third-order valence-electron chi connectivity index (χ3n) is 2.95. The maximum atomic E-state index is 5.79. The molecule has 0 aliphatic rings. The average Bonchev–Trinajstić information content (AvgIpc) is 2.43. The quantitative estimate of drug-likeness (QED) is 0.826. The fraction of sp³-hybridized carbons (Fsp3) is 0.200. The van der Waals surface area contributed by atoms with Gasteiger partial charge < -0.3 is 20.5 Å². The van der Waals surface area contributed by atoms with Crippen LogP contribution in [0, 0.1) is 6.92 Å². The van der Waals surface area contributed by atoms with Crippen LogP contribution in [0.2, 0.25) is 0 Å². The highest BCUT2D eigenvalue weighted by Crippen LogP contribution is 2.29. The summed E-state index contributed by atoms with van der Waals surface area (Å²) in [6.07, 6.45) is 0. The first kappa shape index (κ1) is 13.1. The molecule has 0 unspecified atom stereocenters. The zero-order valence-electron chi connectivity index (χ0n) is 11.4. The van der Waals surface area contributed by atoms with E-state index in [2.05, 4.69) is 5.32 Å². The average molecular weight is 258 g/mol. The summed E-state index contributed by atoms with van der Waals surface area (Å²) in [7, 11) is 3.26. The third kappa shape index (κ3) is 2.91. The van der Waals surface area contributed by atoms with Crippen LogP contribution in [0.3, 0.4) is 0 Å². The molecule has 4 heteroatoms. The van der Waals surface area contributed by atoms with Crippen molar-refractivity contribution < 1.29 is 9.47 Å². The van der Waals surface area contributed by atoms with Crippen LogP contribution in [0.5, 0.6) is 11.5 Å². The Hall–Kier alpha value is -2.36. The Morgan fingerprint density at radius 3 is 2.42 bits per heavy atom. The second-order valence-electron chi connectivity index (χ2n) is 4.26. The van der Waals surface area contributed by atoms with Crippen molar-refractivity contribution in [3.8, 4) is 11.5 Å². The fourth-order valence-corrected chi connectivity index (χ4v) is 1.85. The zero-order valence-corrected chi connectivity index (χ0v) is 11.4. The van der Waals surface area contributed by atoms with E-state index in [0.717, 1.165) is 22.7 Å². The van der Waals surface area contributed by atoms with Crippen molar-refractivity contribution in [2.24, 2.45) is 0 Å². The maximum Gasteiger partial charge on any atom is 0.143 e. The lowest BCUT2D eigenvalue weighted by Crippen LogP contribution is -1.97. The van der Waals surface area contributed by atoms with Crippen LogP contribution in [0.1, 0.15) is 5.56 Å². The topological polar surface area (TPSA) is 56.5 Å². The molecule has 0 bridgehead atoms. The Bertz CT molecular complexity index is 582. The zero-order chi connectivity index (χ0) is 13.8. The van der Waals surface area contributed by atoms with E-state index in [-0.39, 0.29) is 0 Å². The first-order valence-electron chi connectivity index (χ1n) is 5.99. The number of hydrogen-bond acceptors (Lipinski definition) is 4. The highest BCUT2D eigenvalue weighted by atomic mass is 16.5. The summed E-state index contributed by atoms with van der Waals surface area (Å²) in [6, 6.07) is 11.5. The molecule has 0 aliphatic carbocycles. The van der Waals surface area contributed by atoms with Crippen LogP contribution in [0.25, 0.3) is 0 Å². The molecular weight excluding hydrogens is 240 g/mol. The molecule has 0 fully saturated rings. The molecule has 2 aromatic carbocycles. The molecule has 2 rings (SSSR count). The minimum absolute atomic E-state index is 0.625. The Morgan fingerprint density at radius 1 is 1.00 bits per heavy atom. The number of nitrogens with one attached hydrogen (secondary N) is 1. The monoisotopic (exact) mass is 258 g/mol. The number of nitrogen functional groups attached to an aromatic ring is 1. The molecule has 0 aliphatic heterocycles. The van der Waals surface area contributed by atoms with Gasteiger partial charge in [0.05, 0.1) is 19.9 Å². The highest BCUT2D eigenvalue weighted by molar-refractivity contribution is 5.68. The summed E-state index contributed by atoms with van der Waals surface area (Å²) in [6.45, 7) is 2.03. The van der Waals surface area contributed by atoms with E-state index >= 15 is 0 Å². The van der Waals surface area contributed by atoms with Gasteiger partial charge in [0.15, 0.2) is 0 Å². The summed E-state index contributed by atoms with van der Waals surface area (Å²) in [5, 5.41) is 3.33. The SMILES string of the molecule is COc1ccc(Nc2ccc(N)c(OC)c2)c(C)c1. The normalized spacial score (nSPS) is 10.1. The first-order chi connectivity index (χ1) is 9.13. The van der Waals surface area contributed by atoms with Gasteiger partial charge in [-0.15, -0.1) is 0 Å². The number of aryl methyl sites for hydroxylation is 1. The Morgan fingerprint density at radius 2 is 1.79 bits per heavy atom. The predicted molar refractivity (Wildman–Crippen MR) is 78.4 cm³/mol. The Balaban J connectivity index is 2.26. The van der Waals surface area contributed by atoms with E-state index in [1.54, 1.807) is 14.2 Å². The van der Waals surface area contributed by atoms with Crippen molar-refractivity contribution >= 4 is 17.1 Å². The molecule has 0 amide bonds. The van der Waals surface area contributed by atoms with Crippen LogP contribution in [-0.2, 0) is 0 Å². The van der Waals surface area contributed by atoms with E-state index < -0.39 is 0 Å². The van der Waals surface area contributed by atoms with E-state index in [1.165, 1.54) is 0 Å². The lowest BCUT2D eigenvalue weighted by atomic mass is 10.1. The van der Waals surface area contributed by atoms with E-state index in [4.69, 9.17) is 15.2 Å². The second kappa shape index (κ2) is 5.52. The summed E-state index contributed by atoms with van der Waals surface area (Å²) in [5.74, 6) is 1.51. The van der Waals surface area contributed by atoms with Crippen LogP contribution in [-0.4, -0.2) is 14.2 Å². The molecule has 0 radical (unpaired) electrons. The summed E-state index contributed by atoms with van der Waals surface area (Å²) in [5.41, 5.74) is 9.47. The molecule has 2 aromatic rings. The van der Waals surface area contributed by atoms with Crippen LogP contribution >= 0.6 is 0 Å². The van der Waals surface area contributed by atoms with Gasteiger partial charge in [-0.1, -0.05) is 0 Å². The Kier molecular flexibility index (Phi) is 3.80. The number of rotatable bonds is 4. The highest BCUT2D eigenvalue weighted by Gasteiger charge is 2.04. The molecule has 3 N–H and O–H groups in total. The number of nitrogens with two attached hydrogens (primary N) is 1. The molecule has 19 heavy (non-hydrogen) atoms. The van der Waals surface area contributed by atoms with Gasteiger partial charge in [0.25, 0.3) is 0 Å². The van der Waals surface area contributed by atoms with Gasteiger partial charge in [0.2, 0.25) is 0 Å².